The number of nitrogens with one attached hydrogen (secondary N) is 1. The van der Waals surface area contributed by atoms with Crippen molar-refractivity contribution >= 4 is 40.8 Å². The van der Waals surface area contributed by atoms with Gasteiger partial charge in [-0.2, -0.15) is 0 Å². The van der Waals surface area contributed by atoms with Gasteiger partial charge < -0.3 is 15.0 Å². The number of carbonyl (C=O) groups excluding carboxylic acids is 2. The number of anilines is 1. The highest BCUT2D eigenvalue weighted by atomic mass is 35.5. The molecule has 8 heteroatoms. The molecule has 0 radical (unpaired) electrons. The van der Waals surface area contributed by atoms with E-state index in [-0.39, 0.29) is 17.7 Å². The van der Waals surface area contributed by atoms with E-state index in [2.05, 4.69) is 10.3 Å². The van der Waals surface area contributed by atoms with Crippen molar-refractivity contribution in [2.45, 2.75) is 31.1 Å². The van der Waals surface area contributed by atoms with E-state index in [0.717, 1.165) is 5.56 Å². The fourth-order valence-electron chi connectivity index (χ4n) is 4.46. The van der Waals surface area contributed by atoms with Gasteiger partial charge in [0, 0.05) is 43.4 Å². The number of halogens is 2. The molecule has 1 aromatic heterocycles. The van der Waals surface area contributed by atoms with Gasteiger partial charge in [0.05, 0.1) is 10.4 Å². The molecule has 4 rings (SSSR count). The Morgan fingerprint density at radius 2 is 1.81 bits per heavy atom. The normalized spacial score (nSPS) is 19.1. The molecular formula is C23H25Cl2N3O3. The lowest BCUT2D eigenvalue weighted by Gasteiger charge is -2.42. The largest absolute Gasteiger partial charge is 0.381 e. The van der Waals surface area contributed by atoms with Crippen LogP contribution >= 0.6 is 23.2 Å². The Morgan fingerprint density at radius 1 is 1.06 bits per heavy atom. The van der Waals surface area contributed by atoms with Crippen LogP contribution in [0.25, 0.3) is 0 Å². The highest BCUT2D eigenvalue weighted by molar-refractivity contribution is 6.30. The third-order valence-electron chi connectivity index (χ3n) is 6.26. The summed E-state index contributed by atoms with van der Waals surface area (Å²) in [6.07, 6.45) is 4.01. The summed E-state index contributed by atoms with van der Waals surface area (Å²) in [5, 5.41) is 3.99. The molecule has 1 N–H and O–H groups in total. The molecule has 0 atom stereocenters. The van der Waals surface area contributed by atoms with E-state index in [4.69, 9.17) is 27.9 Å². The number of ether oxygens (including phenoxy) is 1. The van der Waals surface area contributed by atoms with Crippen LogP contribution in [0.15, 0.2) is 42.6 Å². The van der Waals surface area contributed by atoms with Crippen LogP contribution in [-0.4, -0.2) is 48.0 Å². The van der Waals surface area contributed by atoms with Crippen LogP contribution < -0.4 is 5.32 Å². The molecule has 6 nitrogen and oxygen atoms in total. The first-order valence-electron chi connectivity index (χ1n) is 10.5. The summed E-state index contributed by atoms with van der Waals surface area (Å²) in [5.74, 6) is 0.363. The summed E-state index contributed by atoms with van der Waals surface area (Å²) < 4.78 is 5.56. The van der Waals surface area contributed by atoms with E-state index in [1.54, 1.807) is 12.1 Å². The summed E-state index contributed by atoms with van der Waals surface area (Å²) in [6.45, 7) is 2.19. The van der Waals surface area contributed by atoms with Crippen molar-refractivity contribution in [3.63, 3.8) is 0 Å². The first kappa shape index (κ1) is 22.1. The zero-order valence-corrected chi connectivity index (χ0v) is 18.7. The van der Waals surface area contributed by atoms with Gasteiger partial charge in [-0.1, -0.05) is 35.3 Å². The maximum absolute atomic E-state index is 13.7. The number of hydrogen-bond donors (Lipinski definition) is 1. The lowest BCUT2D eigenvalue weighted by Crippen LogP contribution is -2.52. The molecule has 0 bridgehead atoms. The molecule has 1 aromatic carbocycles. The van der Waals surface area contributed by atoms with Gasteiger partial charge in [-0.3, -0.25) is 9.59 Å². The van der Waals surface area contributed by atoms with E-state index in [0.29, 0.717) is 67.8 Å². The molecule has 0 unspecified atom stereocenters. The van der Waals surface area contributed by atoms with Gasteiger partial charge in [-0.25, -0.2) is 4.98 Å². The second kappa shape index (κ2) is 9.55. The number of aromatic nitrogens is 1. The number of likely N-dealkylation sites (tertiary alicyclic amines) is 1. The fourth-order valence-corrected chi connectivity index (χ4v) is 4.76. The van der Waals surface area contributed by atoms with Crippen molar-refractivity contribution in [1.29, 1.82) is 0 Å². The Hall–Kier alpha value is -2.15. The Bertz CT molecular complexity index is 937. The van der Waals surface area contributed by atoms with Crippen LogP contribution in [0.4, 0.5) is 5.82 Å². The molecule has 0 saturated carbocycles. The Morgan fingerprint density at radius 3 is 2.45 bits per heavy atom. The molecule has 2 fully saturated rings. The minimum atomic E-state index is -0.620. The zero-order chi connectivity index (χ0) is 21.8. The summed E-state index contributed by atoms with van der Waals surface area (Å²) >= 11 is 12.1. The van der Waals surface area contributed by atoms with Gasteiger partial charge in [0.1, 0.15) is 5.82 Å². The molecule has 2 aliphatic heterocycles. The van der Waals surface area contributed by atoms with E-state index in [1.165, 1.54) is 6.20 Å². The molecule has 164 valence electrons. The van der Waals surface area contributed by atoms with Crippen LogP contribution in [-0.2, 0) is 19.7 Å². The molecule has 2 saturated heterocycles. The number of piperidine rings is 1. The van der Waals surface area contributed by atoms with Crippen LogP contribution in [0, 0.1) is 5.92 Å². The Labute approximate surface area is 191 Å². The maximum Gasteiger partial charge on any atom is 0.233 e. The van der Waals surface area contributed by atoms with Gasteiger partial charge in [0.15, 0.2) is 0 Å². The average Bonchev–Trinajstić information content (AvgIpc) is 2.80. The van der Waals surface area contributed by atoms with E-state index in [1.807, 2.05) is 29.2 Å². The minimum absolute atomic E-state index is 0.0717. The average molecular weight is 462 g/mol. The SMILES string of the molecule is O=C(Nc1ccc(Cl)cn1)C1CCN(C(=O)C2(c3cccc(Cl)c3)CCOCC2)CC1. The molecule has 0 spiro atoms. The van der Waals surface area contributed by atoms with Crippen molar-refractivity contribution in [3.8, 4) is 0 Å². The Balaban J connectivity index is 1.42. The van der Waals surface area contributed by atoms with Crippen molar-refractivity contribution in [1.82, 2.24) is 9.88 Å². The van der Waals surface area contributed by atoms with E-state index < -0.39 is 5.41 Å². The second-order valence-electron chi connectivity index (χ2n) is 8.12. The zero-order valence-electron chi connectivity index (χ0n) is 17.2. The summed E-state index contributed by atoms with van der Waals surface area (Å²) in [5.41, 5.74) is 0.327. The summed E-state index contributed by atoms with van der Waals surface area (Å²) in [4.78, 5) is 32.3. The first-order valence-corrected chi connectivity index (χ1v) is 11.3. The third-order valence-corrected chi connectivity index (χ3v) is 6.72. The van der Waals surface area contributed by atoms with Crippen molar-refractivity contribution in [2.24, 2.45) is 5.92 Å². The smallest absolute Gasteiger partial charge is 0.233 e. The number of pyridine rings is 1. The van der Waals surface area contributed by atoms with Crippen LogP contribution in [0.1, 0.15) is 31.2 Å². The number of carbonyl (C=O) groups is 2. The van der Waals surface area contributed by atoms with Crippen LogP contribution in [0.2, 0.25) is 10.0 Å². The predicted octanol–water partition coefficient (Wildman–Crippen LogP) is 4.31. The van der Waals surface area contributed by atoms with Gasteiger partial charge in [0.2, 0.25) is 11.8 Å². The summed E-state index contributed by atoms with van der Waals surface area (Å²) in [7, 11) is 0. The van der Waals surface area contributed by atoms with Crippen molar-refractivity contribution in [3.05, 3.63) is 58.2 Å². The fraction of sp³-hybridized carbons (Fsp3) is 0.435. The molecular weight excluding hydrogens is 437 g/mol. The molecule has 2 aromatic rings. The molecule has 0 aliphatic carbocycles. The lowest BCUT2D eigenvalue weighted by atomic mass is 9.72. The maximum atomic E-state index is 13.7. The third kappa shape index (κ3) is 4.86. The van der Waals surface area contributed by atoms with E-state index in [9.17, 15) is 9.59 Å². The number of amides is 2. The highest BCUT2D eigenvalue weighted by Crippen LogP contribution is 2.38. The lowest BCUT2D eigenvalue weighted by molar-refractivity contribution is -0.143. The van der Waals surface area contributed by atoms with Gasteiger partial charge in [0.25, 0.3) is 0 Å². The first-order chi connectivity index (χ1) is 15.0. The monoisotopic (exact) mass is 461 g/mol. The number of hydrogen-bond acceptors (Lipinski definition) is 4. The summed E-state index contributed by atoms with van der Waals surface area (Å²) in [6, 6.07) is 11.0. The number of rotatable bonds is 4. The van der Waals surface area contributed by atoms with Gasteiger partial charge >= 0.3 is 0 Å². The van der Waals surface area contributed by atoms with Crippen LogP contribution in [0.5, 0.6) is 0 Å². The molecule has 2 aliphatic rings. The van der Waals surface area contributed by atoms with Crippen LogP contribution in [0.3, 0.4) is 0 Å². The number of benzene rings is 1. The second-order valence-corrected chi connectivity index (χ2v) is 9.00. The molecule has 31 heavy (non-hydrogen) atoms. The molecule has 3 heterocycles. The quantitative estimate of drug-likeness (QED) is 0.735. The van der Waals surface area contributed by atoms with E-state index >= 15 is 0 Å². The minimum Gasteiger partial charge on any atom is -0.381 e. The van der Waals surface area contributed by atoms with Gasteiger partial charge in [-0.05, 0) is 55.5 Å². The number of nitrogens with zero attached hydrogens (tertiary/aromatic N) is 2. The van der Waals surface area contributed by atoms with Crippen molar-refractivity contribution < 1.29 is 14.3 Å². The predicted molar refractivity (Wildman–Crippen MR) is 120 cm³/mol. The topological polar surface area (TPSA) is 71.5 Å². The molecule has 2 amide bonds. The highest BCUT2D eigenvalue weighted by Gasteiger charge is 2.45. The van der Waals surface area contributed by atoms with Crippen molar-refractivity contribution in [2.75, 3.05) is 31.6 Å². The standard InChI is InChI=1S/C23H25Cl2N3O3/c24-18-3-1-2-17(14-18)23(8-12-31-13-9-23)22(30)28-10-6-16(7-11-28)21(29)27-20-5-4-19(25)15-26-20/h1-5,14-16H,6-13H2,(H,26,27,29). The van der Waals surface area contributed by atoms with Gasteiger partial charge in [-0.15, -0.1) is 0 Å². The Kier molecular flexibility index (Phi) is 6.80.